The van der Waals surface area contributed by atoms with Gasteiger partial charge in [-0.3, -0.25) is 14.9 Å². The van der Waals surface area contributed by atoms with E-state index in [-0.39, 0.29) is 35.8 Å². The number of ether oxygens (including phenoxy) is 2. The van der Waals surface area contributed by atoms with Crippen LogP contribution in [-0.4, -0.2) is 34.9 Å². The van der Waals surface area contributed by atoms with Crippen LogP contribution in [0.5, 0.6) is 0 Å². The van der Waals surface area contributed by atoms with E-state index < -0.39 is 0 Å². The van der Waals surface area contributed by atoms with Crippen LogP contribution in [0.25, 0.3) is 11.5 Å². The molecule has 2 aromatic rings. The molecule has 7 nitrogen and oxygen atoms in total. The summed E-state index contributed by atoms with van der Waals surface area (Å²) in [5.74, 6) is 0.448. The summed E-state index contributed by atoms with van der Waals surface area (Å²) in [5, 5.41) is 1.87. The Balaban J connectivity index is 1.27. The third-order valence-electron chi connectivity index (χ3n) is 5.26. The van der Waals surface area contributed by atoms with E-state index >= 15 is 0 Å². The SMILES string of the molecule is Cc1oc(-c2ccc(F)cc2)nc1CO[C@@H]1CCC[C@H](OCC=C2SC(=O)NC2=O)C1. The number of nitrogens with one attached hydrogen (secondary N) is 1. The molecule has 0 bridgehead atoms. The van der Waals surface area contributed by atoms with E-state index in [0.717, 1.165) is 43.1 Å². The highest BCUT2D eigenvalue weighted by Crippen LogP contribution is 2.27. The van der Waals surface area contributed by atoms with Crippen LogP contribution in [0.4, 0.5) is 9.18 Å². The molecule has 1 aliphatic heterocycles. The van der Waals surface area contributed by atoms with Gasteiger partial charge in [-0.05, 0) is 74.7 Å². The van der Waals surface area contributed by atoms with Crippen molar-refractivity contribution < 1.29 is 27.9 Å². The molecule has 0 spiro atoms. The van der Waals surface area contributed by atoms with Crippen LogP contribution in [0.1, 0.15) is 37.1 Å². The number of aryl methyl sites for hydroxylation is 1. The average Bonchev–Trinajstić information content (AvgIpc) is 3.28. The van der Waals surface area contributed by atoms with Crippen molar-refractivity contribution in [2.24, 2.45) is 0 Å². The molecule has 2 fully saturated rings. The van der Waals surface area contributed by atoms with E-state index in [1.807, 2.05) is 6.92 Å². The van der Waals surface area contributed by atoms with Crippen LogP contribution >= 0.6 is 11.8 Å². The number of oxazole rings is 1. The number of thioether (sulfide) groups is 1. The van der Waals surface area contributed by atoms with Gasteiger partial charge < -0.3 is 13.9 Å². The summed E-state index contributed by atoms with van der Waals surface area (Å²) in [6.45, 7) is 2.45. The zero-order chi connectivity index (χ0) is 21.8. The largest absolute Gasteiger partial charge is 0.441 e. The normalized spacial score (nSPS) is 22.8. The molecule has 1 aromatic carbocycles. The molecule has 164 valence electrons. The van der Waals surface area contributed by atoms with Gasteiger partial charge in [0.05, 0.1) is 30.3 Å². The molecule has 9 heteroatoms. The predicted molar refractivity (Wildman–Crippen MR) is 113 cm³/mol. The third-order valence-corrected chi connectivity index (χ3v) is 6.12. The number of carbonyl (C=O) groups excluding carboxylic acids is 2. The van der Waals surface area contributed by atoms with E-state index in [4.69, 9.17) is 13.9 Å². The van der Waals surface area contributed by atoms with Crippen LogP contribution in [0.2, 0.25) is 0 Å². The van der Waals surface area contributed by atoms with Crippen molar-refractivity contribution in [3.8, 4) is 11.5 Å². The Kier molecular flexibility index (Phi) is 6.84. The average molecular weight is 447 g/mol. The van der Waals surface area contributed by atoms with Gasteiger partial charge in [-0.2, -0.15) is 0 Å². The third kappa shape index (κ3) is 5.61. The number of hydrogen-bond acceptors (Lipinski definition) is 7. The van der Waals surface area contributed by atoms with Crippen molar-refractivity contribution in [1.82, 2.24) is 10.3 Å². The number of nitrogens with zero attached hydrogens (tertiary/aromatic N) is 1. The topological polar surface area (TPSA) is 90.7 Å². The first-order chi connectivity index (χ1) is 15.0. The van der Waals surface area contributed by atoms with E-state index in [1.54, 1.807) is 18.2 Å². The first kappa shape index (κ1) is 21.7. The maximum Gasteiger partial charge on any atom is 0.290 e. The fourth-order valence-corrected chi connectivity index (χ4v) is 4.24. The lowest BCUT2D eigenvalue weighted by Crippen LogP contribution is -2.28. The van der Waals surface area contributed by atoms with Gasteiger partial charge in [-0.1, -0.05) is 0 Å². The van der Waals surface area contributed by atoms with Crippen LogP contribution < -0.4 is 5.32 Å². The van der Waals surface area contributed by atoms with E-state index in [2.05, 4.69) is 10.3 Å². The number of hydrogen-bond donors (Lipinski definition) is 1. The lowest BCUT2D eigenvalue weighted by Gasteiger charge is -2.28. The Hall–Kier alpha value is -2.49. The van der Waals surface area contributed by atoms with Crippen LogP contribution in [0.15, 0.2) is 39.7 Å². The van der Waals surface area contributed by atoms with Crippen molar-refractivity contribution in [3.63, 3.8) is 0 Å². The van der Waals surface area contributed by atoms with E-state index in [1.165, 1.54) is 12.1 Å². The summed E-state index contributed by atoms with van der Waals surface area (Å²) >= 11 is 0.891. The molecule has 2 atom stereocenters. The summed E-state index contributed by atoms with van der Waals surface area (Å²) in [7, 11) is 0. The number of aromatic nitrogens is 1. The quantitative estimate of drug-likeness (QED) is 0.626. The lowest BCUT2D eigenvalue weighted by atomic mass is 9.95. The van der Waals surface area contributed by atoms with Crippen molar-refractivity contribution in [2.75, 3.05) is 6.61 Å². The Bertz CT molecular complexity index is 988. The molecule has 1 aromatic heterocycles. The standard InChI is InChI=1S/C22H23FN2O5S/c1-13-18(24-21(30-13)14-5-7-15(23)8-6-14)12-29-17-4-2-3-16(11-17)28-10-9-19-20(26)25-22(27)31-19/h5-9,16-17H,2-4,10-12H2,1H3,(H,25,26,27)/t16-,17+/m0/s1. The van der Waals surface area contributed by atoms with E-state index in [9.17, 15) is 14.0 Å². The highest BCUT2D eigenvalue weighted by atomic mass is 32.2. The summed E-state index contributed by atoms with van der Waals surface area (Å²) in [6, 6.07) is 6.01. The van der Waals surface area contributed by atoms with Crippen LogP contribution in [0, 0.1) is 12.7 Å². The molecule has 4 rings (SSSR count). The summed E-state index contributed by atoms with van der Waals surface area (Å²) < 4.78 is 30.8. The van der Waals surface area contributed by atoms with Gasteiger partial charge in [0, 0.05) is 5.56 Å². The molecule has 1 aliphatic carbocycles. The zero-order valence-electron chi connectivity index (χ0n) is 17.1. The second-order valence-electron chi connectivity index (χ2n) is 7.50. The molecule has 0 unspecified atom stereocenters. The highest BCUT2D eigenvalue weighted by molar-refractivity contribution is 8.18. The zero-order valence-corrected chi connectivity index (χ0v) is 17.9. The predicted octanol–water partition coefficient (Wildman–Crippen LogP) is 4.50. The Morgan fingerprint density at radius 1 is 1.23 bits per heavy atom. The summed E-state index contributed by atoms with van der Waals surface area (Å²) in [6.07, 6.45) is 5.33. The number of imide groups is 1. The minimum absolute atomic E-state index is 0.0361. The molecule has 1 saturated heterocycles. The minimum atomic E-state index is -0.369. The van der Waals surface area contributed by atoms with Gasteiger partial charge in [-0.25, -0.2) is 9.37 Å². The molecular weight excluding hydrogens is 423 g/mol. The van der Waals surface area contributed by atoms with Crippen molar-refractivity contribution >= 4 is 22.9 Å². The summed E-state index contributed by atoms with van der Waals surface area (Å²) in [5.41, 5.74) is 1.44. The van der Waals surface area contributed by atoms with Crippen molar-refractivity contribution in [1.29, 1.82) is 0 Å². The number of amides is 2. The fraction of sp³-hybridized carbons (Fsp3) is 0.409. The number of halogens is 1. The molecule has 31 heavy (non-hydrogen) atoms. The Morgan fingerprint density at radius 2 is 1.97 bits per heavy atom. The maximum atomic E-state index is 13.1. The molecule has 1 saturated carbocycles. The number of carbonyl (C=O) groups is 2. The lowest BCUT2D eigenvalue weighted by molar-refractivity contribution is -0.115. The molecule has 1 N–H and O–H groups in total. The smallest absolute Gasteiger partial charge is 0.290 e. The van der Waals surface area contributed by atoms with Gasteiger partial charge in [-0.15, -0.1) is 0 Å². The van der Waals surface area contributed by atoms with Gasteiger partial charge in [0.25, 0.3) is 11.1 Å². The first-order valence-electron chi connectivity index (χ1n) is 10.2. The number of rotatable bonds is 7. The summed E-state index contributed by atoms with van der Waals surface area (Å²) in [4.78, 5) is 27.6. The molecule has 2 amide bonds. The van der Waals surface area contributed by atoms with Gasteiger partial charge in [0.2, 0.25) is 5.89 Å². The van der Waals surface area contributed by atoms with Crippen LogP contribution in [-0.2, 0) is 20.9 Å². The van der Waals surface area contributed by atoms with Gasteiger partial charge in [0.1, 0.15) is 17.3 Å². The number of benzene rings is 1. The molecule has 2 heterocycles. The second-order valence-corrected chi connectivity index (χ2v) is 8.51. The Labute approximate surface area is 183 Å². The second kappa shape index (κ2) is 9.76. The Morgan fingerprint density at radius 3 is 2.68 bits per heavy atom. The molecular formula is C22H23FN2O5S. The van der Waals surface area contributed by atoms with Crippen molar-refractivity contribution in [3.05, 3.63) is 52.5 Å². The first-order valence-corrected chi connectivity index (χ1v) is 11.0. The van der Waals surface area contributed by atoms with Gasteiger partial charge >= 0.3 is 0 Å². The highest BCUT2D eigenvalue weighted by Gasteiger charge is 2.26. The fourth-order valence-electron chi connectivity index (χ4n) is 3.60. The molecule has 0 radical (unpaired) electrons. The van der Waals surface area contributed by atoms with Crippen molar-refractivity contribution in [2.45, 2.75) is 51.4 Å². The molecule has 2 aliphatic rings. The maximum absolute atomic E-state index is 13.1. The monoisotopic (exact) mass is 446 g/mol. The minimum Gasteiger partial charge on any atom is -0.441 e. The van der Waals surface area contributed by atoms with Crippen LogP contribution in [0.3, 0.4) is 0 Å². The van der Waals surface area contributed by atoms with E-state index in [0.29, 0.717) is 28.7 Å². The van der Waals surface area contributed by atoms with Gasteiger partial charge in [0.15, 0.2) is 0 Å².